The molecule has 2 saturated heterocycles. The van der Waals surface area contributed by atoms with E-state index in [1.165, 1.54) is 16.4 Å². The predicted molar refractivity (Wildman–Crippen MR) is 98.9 cm³/mol. The van der Waals surface area contributed by atoms with Gasteiger partial charge in [-0.1, -0.05) is 0 Å². The number of sulfonamides is 1. The molecule has 0 spiro atoms. The van der Waals surface area contributed by atoms with E-state index in [0.29, 0.717) is 32.9 Å². The number of nitrogens with zero attached hydrogens (tertiary/aromatic N) is 1. The van der Waals surface area contributed by atoms with Crippen LogP contribution in [-0.2, 0) is 14.8 Å². The third-order valence-electron chi connectivity index (χ3n) is 4.98. The summed E-state index contributed by atoms with van der Waals surface area (Å²) in [6, 6.07) is 3.71. The normalized spacial score (nSPS) is 27.1. The van der Waals surface area contributed by atoms with Crippen LogP contribution in [0.3, 0.4) is 0 Å². The van der Waals surface area contributed by atoms with Crippen molar-refractivity contribution in [3.05, 3.63) is 24.0 Å². The summed E-state index contributed by atoms with van der Waals surface area (Å²) in [7, 11) is -3.74. The predicted octanol–water partition coefficient (Wildman–Crippen LogP) is 2.03. The smallest absolute Gasteiger partial charge is 0.243 e. The van der Waals surface area contributed by atoms with Crippen molar-refractivity contribution in [3.63, 3.8) is 0 Å². The number of nitrogens with one attached hydrogen (secondary N) is 1. The minimum absolute atomic E-state index is 0. The number of benzene rings is 1. The molecule has 0 aliphatic carbocycles. The number of rotatable bonds is 5. The zero-order valence-corrected chi connectivity index (χ0v) is 16.6. The van der Waals surface area contributed by atoms with Gasteiger partial charge in [0.25, 0.3) is 0 Å². The molecule has 1 N–H and O–H groups in total. The van der Waals surface area contributed by atoms with E-state index in [0.717, 1.165) is 12.5 Å². The molecule has 26 heavy (non-hydrogen) atoms. The quantitative estimate of drug-likeness (QED) is 0.807. The first-order valence-corrected chi connectivity index (χ1v) is 10.1. The summed E-state index contributed by atoms with van der Waals surface area (Å²) in [6.07, 6.45) is 0.896. The van der Waals surface area contributed by atoms with E-state index >= 15 is 0 Å². The molecular weight excluding hydrogens is 383 g/mol. The van der Waals surface area contributed by atoms with Crippen LogP contribution in [0.4, 0.5) is 4.39 Å². The molecule has 1 aromatic carbocycles. The molecule has 3 unspecified atom stereocenters. The van der Waals surface area contributed by atoms with Gasteiger partial charge in [0.1, 0.15) is 0 Å². The molecule has 148 valence electrons. The Balaban J connectivity index is 0.00000243. The fourth-order valence-electron chi connectivity index (χ4n) is 3.18. The van der Waals surface area contributed by atoms with Crippen LogP contribution in [0.5, 0.6) is 5.75 Å². The van der Waals surface area contributed by atoms with Crippen LogP contribution >= 0.6 is 12.4 Å². The van der Waals surface area contributed by atoms with Crippen molar-refractivity contribution < 1.29 is 22.3 Å². The van der Waals surface area contributed by atoms with Crippen molar-refractivity contribution in [2.45, 2.75) is 37.2 Å². The summed E-state index contributed by atoms with van der Waals surface area (Å²) in [5, 5.41) is 3.24. The molecular formula is C17H26ClFN2O4S. The fraction of sp³-hybridized carbons (Fsp3) is 0.647. The number of piperazine rings is 1. The topological polar surface area (TPSA) is 67.9 Å². The van der Waals surface area contributed by atoms with E-state index in [9.17, 15) is 12.8 Å². The van der Waals surface area contributed by atoms with E-state index in [1.54, 1.807) is 0 Å². The lowest BCUT2D eigenvalue weighted by Gasteiger charge is -2.37. The lowest BCUT2D eigenvalue weighted by molar-refractivity contribution is 0.165. The number of hydrogen-bond acceptors (Lipinski definition) is 5. The molecule has 0 aromatic heterocycles. The van der Waals surface area contributed by atoms with Crippen LogP contribution < -0.4 is 10.1 Å². The van der Waals surface area contributed by atoms with E-state index in [2.05, 4.69) is 5.32 Å². The zero-order valence-electron chi connectivity index (χ0n) is 15.0. The van der Waals surface area contributed by atoms with Crippen LogP contribution in [0.15, 0.2) is 23.1 Å². The van der Waals surface area contributed by atoms with Gasteiger partial charge >= 0.3 is 0 Å². The van der Waals surface area contributed by atoms with Crippen molar-refractivity contribution in [1.82, 2.24) is 9.62 Å². The fourth-order valence-corrected chi connectivity index (χ4v) is 4.90. The van der Waals surface area contributed by atoms with Crippen LogP contribution in [0, 0.1) is 11.7 Å². The van der Waals surface area contributed by atoms with Crippen LogP contribution in [0.25, 0.3) is 0 Å². The summed E-state index contributed by atoms with van der Waals surface area (Å²) in [6.45, 7) is 6.44. The van der Waals surface area contributed by atoms with Crippen molar-refractivity contribution in [2.24, 2.45) is 5.92 Å². The molecule has 2 heterocycles. The summed E-state index contributed by atoms with van der Waals surface area (Å²) in [4.78, 5) is -0.0394. The Morgan fingerprint density at radius 2 is 2.15 bits per heavy atom. The maximum Gasteiger partial charge on any atom is 0.243 e. The summed E-state index contributed by atoms with van der Waals surface area (Å²) >= 11 is 0. The number of hydrogen-bond donors (Lipinski definition) is 1. The van der Waals surface area contributed by atoms with Gasteiger partial charge in [-0.3, -0.25) is 0 Å². The Morgan fingerprint density at radius 1 is 1.38 bits per heavy atom. The molecule has 3 atom stereocenters. The molecule has 2 aliphatic heterocycles. The minimum atomic E-state index is -3.74. The lowest BCUT2D eigenvalue weighted by atomic mass is 10.1. The molecule has 6 nitrogen and oxygen atoms in total. The zero-order chi connectivity index (χ0) is 18.0. The molecule has 0 saturated carbocycles. The Bertz CT molecular complexity index is 713. The second-order valence-corrected chi connectivity index (χ2v) is 8.62. The van der Waals surface area contributed by atoms with Crippen molar-refractivity contribution in [1.29, 1.82) is 0 Å². The highest BCUT2D eigenvalue weighted by atomic mass is 35.5. The van der Waals surface area contributed by atoms with E-state index in [-0.39, 0.29) is 41.1 Å². The van der Waals surface area contributed by atoms with Crippen molar-refractivity contribution >= 4 is 22.4 Å². The average Bonchev–Trinajstić information content (AvgIpc) is 3.09. The van der Waals surface area contributed by atoms with E-state index < -0.39 is 15.8 Å². The van der Waals surface area contributed by atoms with E-state index in [1.807, 2.05) is 13.8 Å². The first-order chi connectivity index (χ1) is 11.9. The minimum Gasteiger partial charge on any atom is -0.490 e. The molecule has 0 radical (unpaired) electrons. The first kappa shape index (κ1) is 21.4. The Kier molecular flexibility index (Phi) is 7.27. The van der Waals surface area contributed by atoms with Crippen molar-refractivity contribution in [3.8, 4) is 5.75 Å². The summed E-state index contributed by atoms with van der Waals surface area (Å²) in [5.41, 5.74) is 0. The largest absolute Gasteiger partial charge is 0.490 e. The van der Waals surface area contributed by atoms with Gasteiger partial charge < -0.3 is 14.8 Å². The number of halogens is 2. The second kappa shape index (κ2) is 8.84. The van der Waals surface area contributed by atoms with Gasteiger partial charge in [0.2, 0.25) is 10.0 Å². The molecule has 3 rings (SSSR count). The van der Waals surface area contributed by atoms with Crippen LogP contribution in [-0.4, -0.2) is 57.7 Å². The van der Waals surface area contributed by atoms with Crippen molar-refractivity contribution in [2.75, 3.05) is 32.9 Å². The van der Waals surface area contributed by atoms with Crippen LogP contribution in [0.1, 0.15) is 20.3 Å². The SMILES string of the molecule is CC1NCCN(S(=O)(=O)c2ccc(OCC3CCOC3)c(F)c2)C1C.Cl. The third-order valence-corrected chi connectivity index (χ3v) is 6.97. The van der Waals surface area contributed by atoms with Crippen LogP contribution in [0.2, 0.25) is 0 Å². The highest BCUT2D eigenvalue weighted by Gasteiger charge is 2.34. The Hall–Kier alpha value is -0.930. The summed E-state index contributed by atoms with van der Waals surface area (Å²) < 4.78 is 52.2. The molecule has 9 heteroatoms. The third kappa shape index (κ3) is 4.48. The van der Waals surface area contributed by atoms with Gasteiger partial charge in [-0.15, -0.1) is 12.4 Å². The van der Waals surface area contributed by atoms with Gasteiger partial charge in [-0.25, -0.2) is 12.8 Å². The van der Waals surface area contributed by atoms with Gasteiger partial charge in [-0.2, -0.15) is 4.31 Å². The average molecular weight is 409 g/mol. The van der Waals surface area contributed by atoms with Gasteiger partial charge in [-0.05, 0) is 38.5 Å². The Morgan fingerprint density at radius 3 is 2.81 bits per heavy atom. The molecule has 1 aromatic rings. The standard InChI is InChI=1S/C17H25FN2O4S.ClH/c1-12-13(2)20(7-6-19-12)25(21,22)15-3-4-17(16(18)9-15)24-11-14-5-8-23-10-14;/h3-4,9,12-14,19H,5-8,10-11H2,1-2H3;1H. The molecule has 2 fully saturated rings. The van der Waals surface area contributed by atoms with E-state index in [4.69, 9.17) is 9.47 Å². The first-order valence-electron chi connectivity index (χ1n) is 8.65. The van der Waals surface area contributed by atoms with Gasteiger partial charge in [0, 0.05) is 37.7 Å². The Labute approximate surface area is 160 Å². The highest BCUT2D eigenvalue weighted by Crippen LogP contribution is 2.26. The monoisotopic (exact) mass is 408 g/mol. The molecule has 2 aliphatic rings. The second-order valence-electron chi connectivity index (χ2n) is 6.73. The lowest BCUT2D eigenvalue weighted by Crippen LogP contribution is -2.57. The van der Waals surface area contributed by atoms with Gasteiger partial charge in [0.05, 0.1) is 18.1 Å². The summed E-state index contributed by atoms with van der Waals surface area (Å²) in [5.74, 6) is -0.325. The maximum atomic E-state index is 14.3. The highest BCUT2D eigenvalue weighted by molar-refractivity contribution is 7.89. The van der Waals surface area contributed by atoms with Gasteiger partial charge in [0.15, 0.2) is 11.6 Å². The number of ether oxygens (including phenoxy) is 2. The maximum absolute atomic E-state index is 14.3. The molecule has 0 bridgehead atoms. The molecule has 0 amide bonds.